The summed E-state index contributed by atoms with van der Waals surface area (Å²) in [7, 11) is 0. The molecule has 0 heterocycles. The molecule has 26 heavy (non-hydrogen) atoms. The zero-order valence-electron chi connectivity index (χ0n) is 14.8. The molecule has 0 atom stereocenters. The Balaban J connectivity index is 1.92. The van der Waals surface area contributed by atoms with Gasteiger partial charge in [-0.25, -0.2) is 0 Å². The van der Waals surface area contributed by atoms with Crippen molar-refractivity contribution >= 4 is 35.1 Å². The Kier molecular flexibility index (Phi) is 7.41. The maximum absolute atomic E-state index is 12.3. The molecule has 5 nitrogen and oxygen atoms in total. The van der Waals surface area contributed by atoms with Gasteiger partial charge in [0.25, 0.3) is 5.91 Å². The van der Waals surface area contributed by atoms with Crippen LogP contribution < -0.4 is 5.32 Å². The Bertz CT molecular complexity index is 804. The average Bonchev–Trinajstić information content (AvgIpc) is 2.60. The lowest BCUT2D eigenvalue weighted by molar-refractivity contribution is -0.145. The van der Waals surface area contributed by atoms with Crippen LogP contribution in [0.4, 0.5) is 5.69 Å². The number of anilines is 1. The van der Waals surface area contributed by atoms with Crippen molar-refractivity contribution in [1.82, 2.24) is 0 Å². The largest absolute Gasteiger partial charge is 0.466 e. The number of ether oxygens (including phenoxy) is 1. The fourth-order valence-corrected chi connectivity index (χ4v) is 3.06. The summed E-state index contributed by atoms with van der Waals surface area (Å²) in [4.78, 5) is 36.2. The summed E-state index contributed by atoms with van der Waals surface area (Å²) in [5.74, 6) is -0.706. The van der Waals surface area contributed by atoms with E-state index in [1.165, 1.54) is 11.8 Å². The van der Waals surface area contributed by atoms with Crippen molar-refractivity contribution in [3.05, 3.63) is 59.7 Å². The second kappa shape index (κ2) is 9.77. The van der Waals surface area contributed by atoms with Crippen molar-refractivity contribution in [2.75, 3.05) is 17.7 Å². The number of carbonyl (C=O) groups excluding carboxylic acids is 3. The second-order valence-corrected chi connectivity index (χ2v) is 6.71. The van der Waals surface area contributed by atoms with E-state index in [4.69, 9.17) is 4.74 Å². The molecule has 0 spiro atoms. The lowest BCUT2D eigenvalue weighted by Crippen LogP contribution is -2.13. The smallest absolute Gasteiger partial charge is 0.313 e. The molecule has 0 bridgehead atoms. The molecular formula is C20H21NO4S. The van der Waals surface area contributed by atoms with E-state index in [2.05, 4.69) is 5.32 Å². The van der Waals surface area contributed by atoms with Gasteiger partial charge in [-0.3, -0.25) is 14.4 Å². The molecule has 0 saturated carbocycles. The van der Waals surface area contributed by atoms with Crippen LogP contribution in [0.1, 0.15) is 29.3 Å². The first-order valence-electron chi connectivity index (χ1n) is 8.26. The Morgan fingerprint density at radius 3 is 2.58 bits per heavy atom. The lowest BCUT2D eigenvalue weighted by atomic mass is 10.1. The van der Waals surface area contributed by atoms with Gasteiger partial charge < -0.3 is 10.1 Å². The molecule has 0 unspecified atom stereocenters. The molecule has 2 aromatic carbocycles. The van der Waals surface area contributed by atoms with E-state index in [1.54, 1.807) is 25.1 Å². The predicted octanol–water partition coefficient (Wildman–Crippen LogP) is 3.86. The first-order chi connectivity index (χ1) is 12.5. The topological polar surface area (TPSA) is 72.5 Å². The first kappa shape index (κ1) is 19.7. The molecule has 0 fully saturated rings. The highest BCUT2D eigenvalue weighted by molar-refractivity contribution is 8.00. The van der Waals surface area contributed by atoms with E-state index in [9.17, 15) is 14.4 Å². The van der Waals surface area contributed by atoms with Crippen LogP contribution in [-0.2, 0) is 14.3 Å². The predicted molar refractivity (Wildman–Crippen MR) is 103 cm³/mol. The molecule has 2 aromatic rings. The Morgan fingerprint density at radius 2 is 1.85 bits per heavy atom. The van der Waals surface area contributed by atoms with Crippen LogP contribution in [0.5, 0.6) is 0 Å². The number of amides is 1. The van der Waals surface area contributed by atoms with Crippen LogP contribution in [0.3, 0.4) is 0 Å². The van der Waals surface area contributed by atoms with E-state index >= 15 is 0 Å². The van der Waals surface area contributed by atoms with Crippen LogP contribution in [0.15, 0.2) is 53.4 Å². The molecule has 6 heteroatoms. The average molecular weight is 371 g/mol. The van der Waals surface area contributed by atoms with Crippen molar-refractivity contribution < 1.29 is 19.1 Å². The number of thioether (sulfide) groups is 1. The molecular weight excluding hydrogens is 350 g/mol. The second-order valence-electron chi connectivity index (χ2n) is 5.66. The number of Topliss-reactive ketones (excluding diaryl/α,β-unsaturated/α-hetero) is 1. The molecule has 0 aliphatic rings. The van der Waals surface area contributed by atoms with Gasteiger partial charge in [0, 0.05) is 16.1 Å². The highest BCUT2D eigenvalue weighted by Gasteiger charge is 2.11. The Labute approximate surface area is 157 Å². The number of carbonyl (C=O) groups is 3. The summed E-state index contributed by atoms with van der Waals surface area (Å²) in [6.07, 6.45) is -0.218. The zero-order chi connectivity index (χ0) is 18.9. The molecule has 1 amide bonds. The van der Waals surface area contributed by atoms with Crippen molar-refractivity contribution in [1.29, 1.82) is 0 Å². The summed E-state index contributed by atoms with van der Waals surface area (Å²) in [5, 5.41) is 2.85. The van der Waals surface area contributed by atoms with Crippen molar-refractivity contribution in [2.24, 2.45) is 0 Å². The molecule has 136 valence electrons. The third-order valence-electron chi connectivity index (χ3n) is 3.42. The van der Waals surface area contributed by atoms with Gasteiger partial charge in [-0.05, 0) is 44.2 Å². The number of nitrogens with one attached hydrogen (secondary N) is 1. The zero-order valence-corrected chi connectivity index (χ0v) is 15.6. The number of esters is 1. The fraction of sp³-hybridized carbons (Fsp3) is 0.250. The van der Waals surface area contributed by atoms with Gasteiger partial charge in [-0.1, -0.05) is 23.8 Å². The summed E-state index contributed by atoms with van der Waals surface area (Å²) in [6, 6.07) is 14.6. The number of rotatable bonds is 8. The molecule has 0 aliphatic carbocycles. The third kappa shape index (κ3) is 6.37. The number of benzene rings is 2. The van der Waals surface area contributed by atoms with Crippen LogP contribution in [0.2, 0.25) is 0 Å². The minimum atomic E-state index is -0.503. The summed E-state index contributed by atoms with van der Waals surface area (Å²) in [6.45, 7) is 3.90. The normalized spacial score (nSPS) is 10.2. The molecule has 2 rings (SSSR count). The maximum atomic E-state index is 12.3. The lowest BCUT2D eigenvalue weighted by Gasteiger charge is -2.08. The van der Waals surface area contributed by atoms with Gasteiger partial charge in [0.2, 0.25) is 0 Å². The monoisotopic (exact) mass is 371 g/mol. The van der Waals surface area contributed by atoms with Gasteiger partial charge in [0.05, 0.1) is 12.4 Å². The summed E-state index contributed by atoms with van der Waals surface area (Å²) in [5.41, 5.74) is 2.26. The van der Waals surface area contributed by atoms with E-state index in [1.807, 2.05) is 37.3 Å². The SMILES string of the molecule is CCOC(=O)CC(=O)CSc1cccc(NC(=O)c2cccc(C)c2)c1. The summed E-state index contributed by atoms with van der Waals surface area (Å²) < 4.78 is 4.76. The van der Waals surface area contributed by atoms with E-state index in [-0.39, 0.29) is 30.5 Å². The maximum Gasteiger partial charge on any atom is 0.313 e. The van der Waals surface area contributed by atoms with Gasteiger partial charge >= 0.3 is 5.97 Å². The highest BCUT2D eigenvalue weighted by Crippen LogP contribution is 2.22. The number of hydrogen-bond donors (Lipinski definition) is 1. The molecule has 0 saturated heterocycles. The van der Waals surface area contributed by atoms with Gasteiger partial charge in [0.15, 0.2) is 5.78 Å². The van der Waals surface area contributed by atoms with Gasteiger partial charge in [-0.2, -0.15) is 0 Å². The quantitative estimate of drug-likeness (QED) is 0.433. The molecule has 0 radical (unpaired) electrons. The number of hydrogen-bond acceptors (Lipinski definition) is 5. The van der Waals surface area contributed by atoms with Crippen LogP contribution in [0.25, 0.3) is 0 Å². The van der Waals surface area contributed by atoms with E-state index in [0.29, 0.717) is 11.3 Å². The van der Waals surface area contributed by atoms with Crippen molar-refractivity contribution in [2.45, 2.75) is 25.2 Å². The molecule has 0 aliphatic heterocycles. The van der Waals surface area contributed by atoms with Crippen molar-refractivity contribution in [3.63, 3.8) is 0 Å². The number of aryl methyl sites for hydroxylation is 1. The number of ketones is 1. The Hall–Kier alpha value is -2.60. The fourth-order valence-electron chi connectivity index (χ4n) is 2.24. The molecule has 1 N–H and O–H groups in total. The standard InChI is InChI=1S/C20H21NO4S/c1-3-25-19(23)12-17(22)13-26-18-9-5-8-16(11-18)21-20(24)15-7-4-6-14(2)10-15/h4-11H,3,12-13H2,1-2H3,(H,21,24). The van der Waals surface area contributed by atoms with Crippen LogP contribution in [-0.4, -0.2) is 30.0 Å². The first-order valence-corrected chi connectivity index (χ1v) is 9.24. The van der Waals surface area contributed by atoms with Crippen LogP contribution >= 0.6 is 11.8 Å². The van der Waals surface area contributed by atoms with E-state index < -0.39 is 5.97 Å². The van der Waals surface area contributed by atoms with Crippen LogP contribution in [0, 0.1) is 6.92 Å². The van der Waals surface area contributed by atoms with Crippen molar-refractivity contribution in [3.8, 4) is 0 Å². The summed E-state index contributed by atoms with van der Waals surface area (Å²) >= 11 is 1.32. The highest BCUT2D eigenvalue weighted by atomic mass is 32.2. The van der Waals surface area contributed by atoms with E-state index in [0.717, 1.165) is 10.5 Å². The Morgan fingerprint density at radius 1 is 1.08 bits per heavy atom. The minimum Gasteiger partial charge on any atom is -0.466 e. The van der Waals surface area contributed by atoms with Gasteiger partial charge in [0.1, 0.15) is 6.42 Å². The van der Waals surface area contributed by atoms with Gasteiger partial charge in [-0.15, -0.1) is 11.8 Å². The molecule has 0 aromatic heterocycles. The minimum absolute atomic E-state index is 0.175. The third-order valence-corrected chi connectivity index (χ3v) is 4.47.